The predicted octanol–water partition coefficient (Wildman–Crippen LogP) is 5.38. The van der Waals surface area contributed by atoms with E-state index >= 15 is 0 Å². The molecule has 0 bridgehead atoms. The van der Waals surface area contributed by atoms with Crippen LogP contribution in [0.5, 0.6) is 0 Å². The van der Waals surface area contributed by atoms with Crippen LogP contribution in [0, 0.1) is 5.41 Å². The van der Waals surface area contributed by atoms with Gasteiger partial charge < -0.3 is 19.8 Å². The van der Waals surface area contributed by atoms with Gasteiger partial charge in [0.15, 0.2) is 0 Å². The van der Waals surface area contributed by atoms with Crippen LogP contribution in [-0.4, -0.2) is 66.6 Å². The Balaban J connectivity index is 1.26. The number of aromatic nitrogens is 1. The SMILES string of the molecule is CNc1cc(N2CCN(CCc3c(-c4c(Cl)cccc4Cl)noc3C3CC3)CC2)ccc1C(=N)C(=O)O. The number of piperazine rings is 1. The second kappa shape index (κ2) is 10.7. The maximum atomic E-state index is 11.2. The monoisotopic (exact) mass is 541 g/mol. The van der Waals surface area contributed by atoms with Crippen molar-refractivity contribution in [2.24, 2.45) is 0 Å². The van der Waals surface area contributed by atoms with Crippen LogP contribution in [0.3, 0.4) is 0 Å². The van der Waals surface area contributed by atoms with Gasteiger partial charge in [0.05, 0.1) is 10.0 Å². The fraction of sp³-hybridized carbons (Fsp3) is 0.370. The fourth-order valence-corrected chi connectivity index (χ4v) is 5.50. The molecular formula is C27H29Cl2N5O3. The van der Waals surface area contributed by atoms with Crippen LogP contribution in [-0.2, 0) is 11.2 Å². The molecule has 8 nitrogen and oxygen atoms in total. The molecule has 3 aromatic rings. The molecule has 1 aliphatic carbocycles. The molecule has 1 saturated carbocycles. The molecule has 10 heteroatoms. The average molecular weight is 542 g/mol. The molecule has 0 unspecified atom stereocenters. The van der Waals surface area contributed by atoms with Crippen LogP contribution in [0.15, 0.2) is 40.9 Å². The Bertz CT molecular complexity index is 1310. The molecule has 3 N–H and O–H groups in total. The van der Waals surface area contributed by atoms with Crippen molar-refractivity contribution in [3.05, 3.63) is 63.3 Å². The van der Waals surface area contributed by atoms with Gasteiger partial charge in [-0.15, -0.1) is 0 Å². The number of hydrogen-bond donors (Lipinski definition) is 3. The van der Waals surface area contributed by atoms with Gasteiger partial charge in [-0.25, -0.2) is 4.79 Å². The van der Waals surface area contributed by atoms with E-state index in [4.69, 9.17) is 33.1 Å². The van der Waals surface area contributed by atoms with Crippen molar-refractivity contribution in [3.8, 4) is 11.3 Å². The highest BCUT2D eigenvalue weighted by Crippen LogP contribution is 2.46. The number of carboxylic acid groups (broad SMARTS) is 1. The van der Waals surface area contributed by atoms with Gasteiger partial charge in [-0.1, -0.05) is 34.4 Å². The fourth-order valence-electron chi connectivity index (χ4n) is 4.92. The van der Waals surface area contributed by atoms with Gasteiger partial charge in [0.2, 0.25) is 0 Å². The van der Waals surface area contributed by atoms with Gasteiger partial charge in [-0.05, 0) is 49.6 Å². The lowest BCUT2D eigenvalue weighted by Crippen LogP contribution is -2.47. The Hall–Kier alpha value is -3.07. The molecule has 1 aromatic heterocycles. The number of rotatable bonds is 9. The van der Waals surface area contributed by atoms with Gasteiger partial charge >= 0.3 is 5.97 Å². The first-order chi connectivity index (χ1) is 17.9. The number of anilines is 2. The van der Waals surface area contributed by atoms with Gasteiger partial charge in [-0.2, -0.15) is 0 Å². The minimum Gasteiger partial charge on any atom is -0.477 e. The van der Waals surface area contributed by atoms with E-state index < -0.39 is 11.7 Å². The predicted molar refractivity (Wildman–Crippen MR) is 147 cm³/mol. The van der Waals surface area contributed by atoms with Crippen molar-refractivity contribution >= 4 is 46.3 Å². The van der Waals surface area contributed by atoms with Crippen molar-refractivity contribution in [1.29, 1.82) is 5.41 Å². The van der Waals surface area contributed by atoms with E-state index in [1.807, 2.05) is 30.3 Å². The van der Waals surface area contributed by atoms with Crippen LogP contribution in [0.2, 0.25) is 10.0 Å². The number of nitrogens with one attached hydrogen (secondary N) is 2. The standard InChI is InChI=1S/C27H29Cl2N5O3/c1-31-22-15-17(7-8-18(22)24(30)27(35)36)34-13-11-33(12-14-34)10-9-19-25(32-37-26(19)16-5-6-16)23-20(28)3-2-4-21(23)29/h2-4,7-8,15-16,30-31H,5-6,9-14H2,1H3,(H,35,36). The maximum Gasteiger partial charge on any atom is 0.354 e. The van der Waals surface area contributed by atoms with Crippen LogP contribution >= 0.6 is 23.2 Å². The minimum absolute atomic E-state index is 0.381. The van der Waals surface area contributed by atoms with Crippen LogP contribution in [0.1, 0.15) is 35.6 Å². The molecule has 2 heterocycles. The summed E-state index contributed by atoms with van der Waals surface area (Å²) < 4.78 is 5.81. The summed E-state index contributed by atoms with van der Waals surface area (Å²) in [6.45, 7) is 4.37. The molecule has 0 spiro atoms. The third-order valence-corrected chi connectivity index (χ3v) is 7.77. The summed E-state index contributed by atoms with van der Waals surface area (Å²) in [5.74, 6) is 0.160. The van der Waals surface area contributed by atoms with Crippen molar-refractivity contribution in [2.45, 2.75) is 25.2 Å². The Morgan fingerprint density at radius 1 is 1.16 bits per heavy atom. The zero-order chi connectivity index (χ0) is 26.1. The number of carboxylic acids is 1. The zero-order valence-corrected chi connectivity index (χ0v) is 22.1. The van der Waals surface area contributed by atoms with E-state index in [-0.39, 0.29) is 0 Å². The van der Waals surface area contributed by atoms with E-state index in [2.05, 4.69) is 20.3 Å². The molecule has 0 radical (unpaired) electrons. The Kier molecular flexibility index (Phi) is 7.42. The average Bonchev–Trinajstić information content (AvgIpc) is 3.67. The van der Waals surface area contributed by atoms with E-state index in [0.29, 0.717) is 27.2 Å². The maximum absolute atomic E-state index is 11.2. The number of halogens is 2. The summed E-state index contributed by atoms with van der Waals surface area (Å²) >= 11 is 13.0. The molecule has 37 heavy (non-hydrogen) atoms. The first kappa shape index (κ1) is 25.6. The summed E-state index contributed by atoms with van der Waals surface area (Å²) in [4.78, 5) is 16.0. The molecule has 2 aliphatic rings. The molecule has 1 aliphatic heterocycles. The van der Waals surface area contributed by atoms with Crippen LogP contribution < -0.4 is 10.2 Å². The summed E-state index contributed by atoms with van der Waals surface area (Å²) in [6, 6.07) is 11.0. The third-order valence-electron chi connectivity index (χ3n) is 7.14. The lowest BCUT2D eigenvalue weighted by Gasteiger charge is -2.36. The molecule has 1 saturated heterocycles. The number of nitrogens with zero attached hydrogens (tertiary/aromatic N) is 3. The lowest BCUT2D eigenvalue weighted by atomic mass is 10.0. The van der Waals surface area contributed by atoms with E-state index in [9.17, 15) is 9.90 Å². The second-order valence-corrected chi connectivity index (χ2v) is 10.3. The van der Waals surface area contributed by atoms with E-state index in [0.717, 1.165) is 80.3 Å². The van der Waals surface area contributed by atoms with Gasteiger partial charge in [0, 0.05) is 73.8 Å². The molecule has 5 rings (SSSR count). The molecular weight excluding hydrogens is 513 g/mol. The molecule has 194 valence electrons. The first-order valence-electron chi connectivity index (χ1n) is 12.4. The molecule has 2 aromatic carbocycles. The third kappa shape index (κ3) is 5.32. The van der Waals surface area contributed by atoms with Gasteiger partial charge in [0.25, 0.3) is 0 Å². The van der Waals surface area contributed by atoms with Crippen molar-refractivity contribution in [3.63, 3.8) is 0 Å². The quantitative estimate of drug-likeness (QED) is 0.312. The zero-order valence-electron chi connectivity index (χ0n) is 20.6. The number of hydrogen-bond acceptors (Lipinski definition) is 7. The summed E-state index contributed by atoms with van der Waals surface area (Å²) in [6.07, 6.45) is 3.05. The molecule has 2 fully saturated rings. The molecule has 0 atom stereocenters. The van der Waals surface area contributed by atoms with Crippen molar-refractivity contribution in [1.82, 2.24) is 10.1 Å². The van der Waals surface area contributed by atoms with E-state index in [1.54, 1.807) is 13.1 Å². The van der Waals surface area contributed by atoms with E-state index in [1.165, 1.54) is 0 Å². The minimum atomic E-state index is -1.24. The molecule has 0 amide bonds. The Labute approximate surface area is 225 Å². The number of aliphatic carboxylic acids is 1. The van der Waals surface area contributed by atoms with Gasteiger partial charge in [-0.3, -0.25) is 10.3 Å². The summed E-state index contributed by atoms with van der Waals surface area (Å²) in [5, 5.41) is 25.6. The topological polar surface area (TPSA) is 106 Å². The van der Waals surface area contributed by atoms with Crippen molar-refractivity contribution in [2.75, 3.05) is 50.0 Å². The highest BCUT2D eigenvalue weighted by molar-refractivity contribution is 6.42. The second-order valence-electron chi connectivity index (χ2n) is 9.48. The highest BCUT2D eigenvalue weighted by Gasteiger charge is 2.33. The van der Waals surface area contributed by atoms with Crippen LogP contribution in [0.4, 0.5) is 11.4 Å². The number of carbonyl (C=O) groups is 1. The smallest absolute Gasteiger partial charge is 0.354 e. The summed E-state index contributed by atoms with van der Waals surface area (Å²) in [5.41, 5.74) is 4.21. The van der Waals surface area contributed by atoms with Crippen LogP contribution in [0.25, 0.3) is 11.3 Å². The number of benzene rings is 2. The normalized spacial score (nSPS) is 16.1. The Morgan fingerprint density at radius 3 is 2.49 bits per heavy atom. The van der Waals surface area contributed by atoms with Gasteiger partial charge in [0.1, 0.15) is 17.2 Å². The first-order valence-corrected chi connectivity index (χ1v) is 13.2. The largest absolute Gasteiger partial charge is 0.477 e. The highest BCUT2D eigenvalue weighted by atomic mass is 35.5. The summed E-state index contributed by atoms with van der Waals surface area (Å²) in [7, 11) is 1.74. The van der Waals surface area contributed by atoms with Crippen molar-refractivity contribution < 1.29 is 14.4 Å². The lowest BCUT2D eigenvalue weighted by molar-refractivity contribution is -0.129. The Morgan fingerprint density at radius 2 is 1.86 bits per heavy atom.